The highest BCUT2D eigenvalue weighted by Crippen LogP contribution is 2.27. The molecule has 108 valence electrons. The van der Waals surface area contributed by atoms with Crippen molar-refractivity contribution in [1.82, 2.24) is 10.3 Å². The highest BCUT2D eigenvalue weighted by atomic mass is 32.1. The molecule has 1 unspecified atom stereocenters. The van der Waals surface area contributed by atoms with Crippen LogP contribution >= 0.6 is 11.3 Å². The van der Waals surface area contributed by atoms with E-state index in [2.05, 4.69) is 29.0 Å². The number of thiazole rings is 1. The Balaban J connectivity index is 1.92. The Labute approximate surface area is 118 Å². The summed E-state index contributed by atoms with van der Waals surface area (Å²) in [6, 6.07) is 0. The minimum absolute atomic E-state index is 0.293. The third kappa shape index (κ3) is 4.14. The van der Waals surface area contributed by atoms with Crippen LogP contribution in [-0.2, 0) is 16.0 Å². The Morgan fingerprint density at radius 3 is 3.16 bits per heavy atom. The Hall–Kier alpha value is -0.690. The fourth-order valence-electron chi connectivity index (χ4n) is 2.08. The summed E-state index contributed by atoms with van der Waals surface area (Å²) < 4.78 is 10.6. The zero-order valence-electron chi connectivity index (χ0n) is 11.9. The van der Waals surface area contributed by atoms with Crippen molar-refractivity contribution in [1.29, 1.82) is 0 Å². The molecule has 1 saturated heterocycles. The zero-order valence-corrected chi connectivity index (χ0v) is 12.8. The predicted molar refractivity (Wildman–Crippen MR) is 78.1 cm³/mol. The Kier molecular flexibility index (Phi) is 5.57. The number of hydrogen-bond acceptors (Lipinski definition) is 6. The van der Waals surface area contributed by atoms with Gasteiger partial charge in [-0.2, -0.15) is 0 Å². The summed E-state index contributed by atoms with van der Waals surface area (Å²) in [5.74, 6) is 0. The van der Waals surface area contributed by atoms with Crippen molar-refractivity contribution in [3.8, 4) is 0 Å². The molecule has 2 heterocycles. The summed E-state index contributed by atoms with van der Waals surface area (Å²) in [4.78, 5) is 8.32. The minimum atomic E-state index is 0.293. The number of aryl methyl sites for hydroxylation is 1. The monoisotopic (exact) mass is 285 g/mol. The average molecular weight is 285 g/mol. The van der Waals surface area contributed by atoms with Gasteiger partial charge in [0.15, 0.2) is 5.13 Å². The molecule has 1 N–H and O–H groups in total. The second-order valence-corrected chi connectivity index (χ2v) is 5.86. The maximum atomic E-state index is 5.57. The van der Waals surface area contributed by atoms with Gasteiger partial charge in [0.05, 0.1) is 25.0 Å². The largest absolute Gasteiger partial charge is 0.383 e. The third-order valence-electron chi connectivity index (χ3n) is 3.16. The number of anilines is 1. The van der Waals surface area contributed by atoms with Crippen LogP contribution in [0, 0.1) is 6.92 Å². The van der Waals surface area contributed by atoms with Gasteiger partial charge in [-0.05, 0) is 13.8 Å². The van der Waals surface area contributed by atoms with E-state index in [1.54, 1.807) is 18.4 Å². The summed E-state index contributed by atoms with van der Waals surface area (Å²) in [7, 11) is 1.72. The maximum absolute atomic E-state index is 5.57. The van der Waals surface area contributed by atoms with E-state index in [1.807, 2.05) is 0 Å². The smallest absolute Gasteiger partial charge is 0.185 e. The van der Waals surface area contributed by atoms with Crippen molar-refractivity contribution in [2.75, 3.05) is 44.9 Å². The fourth-order valence-corrected chi connectivity index (χ4v) is 3.15. The van der Waals surface area contributed by atoms with Crippen molar-refractivity contribution in [3.63, 3.8) is 0 Å². The summed E-state index contributed by atoms with van der Waals surface area (Å²) >= 11 is 1.78. The van der Waals surface area contributed by atoms with Crippen LogP contribution in [0.25, 0.3) is 0 Å². The highest BCUT2D eigenvalue weighted by Gasteiger charge is 2.20. The molecule has 0 radical (unpaired) electrons. The maximum Gasteiger partial charge on any atom is 0.185 e. The van der Waals surface area contributed by atoms with Crippen LogP contribution in [0.2, 0.25) is 0 Å². The molecule has 0 aliphatic carbocycles. The average Bonchev–Trinajstić information content (AvgIpc) is 2.76. The van der Waals surface area contributed by atoms with E-state index in [1.165, 1.54) is 4.88 Å². The summed E-state index contributed by atoms with van der Waals surface area (Å²) in [5, 5.41) is 4.49. The number of nitrogens with zero attached hydrogens (tertiary/aromatic N) is 2. The first-order valence-electron chi connectivity index (χ1n) is 6.73. The Morgan fingerprint density at radius 1 is 1.58 bits per heavy atom. The molecule has 6 heteroatoms. The van der Waals surface area contributed by atoms with E-state index in [-0.39, 0.29) is 0 Å². The van der Waals surface area contributed by atoms with Gasteiger partial charge in [0.25, 0.3) is 0 Å². The zero-order chi connectivity index (χ0) is 13.7. The number of nitrogens with one attached hydrogen (secondary N) is 1. The second kappa shape index (κ2) is 7.19. The number of methoxy groups -OCH3 is 1. The van der Waals surface area contributed by atoms with Gasteiger partial charge < -0.3 is 19.7 Å². The standard InChI is InChI=1S/C13H23N3O2S/c1-10-9-16(5-7-18-10)13-15-11(2)12(19-13)8-14-4-6-17-3/h10,14H,4-9H2,1-3H3. The summed E-state index contributed by atoms with van der Waals surface area (Å²) in [6.45, 7) is 9.34. The molecule has 0 amide bonds. The van der Waals surface area contributed by atoms with Crippen LogP contribution in [0.15, 0.2) is 0 Å². The number of morpholine rings is 1. The van der Waals surface area contributed by atoms with E-state index in [9.17, 15) is 0 Å². The van der Waals surface area contributed by atoms with Crippen LogP contribution in [0.5, 0.6) is 0 Å². The van der Waals surface area contributed by atoms with Gasteiger partial charge in [-0.15, -0.1) is 11.3 Å². The van der Waals surface area contributed by atoms with Crippen molar-refractivity contribution >= 4 is 16.5 Å². The molecule has 1 aromatic rings. The van der Waals surface area contributed by atoms with Crippen molar-refractivity contribution in [2.24, 2.45) is 0 Å². The topological polar surface area (TPSA) is 46.6 Å². The van der Waals surface area contributed by atoms with E-state index < -0.39 is 0 Å². The molecule has 2 rings (SSSR count). The quantitative estimate of drug-likeness (QED) is 0.801. The number of aromatic nitrogens is 1. The predicted octanol–water partition coefficient (Wildman–Crippen LogP) is 1.41. The lowest BCUT2D eigenvalue weighted by molar-refractivity contribution is 0.0532. The fraction of sp³-hybridized carbons (Fsp3) is 0.769. The second-order valence-electron chi connectivity index (χ2n) is 4.80. The first-order chi connectivity index (χ1) is 9.20. The first kappa shape index (κ1) is 14.7. The van der Waals surface area contributed by atoms with Gasteiger partial charge in [-0.3, -0.25) is 0 Å². The molecular formula is C13H23N3O2S. The molecule has 0 saturated carbocycles. The minimum Gasteiger partial charge on any atom is -0.383 e. The van der Waals surface area contributed by atoms with E-state index >= 15 is 0 Å². The molecule has 0 aromatic carbocycles. The van der Waals surface area contributed by atoms with Gasteiger partial charge in [-0.1, -0.05) is 0 Å². The van der Waals surface area contributed by atoms with E-state index in [0.29, 0.717) is 6.10 Å². The lowest BCUT2D eigenvalue weighted by atomic mass is 10.3. The van der Waals surface area contributed by atoms with Crippen molar-refractivity contribution < 1.29 is 9.47 Å². The summed E-state index contributed by atoms with van der Waals surface area (Å²) in [6.07, 6.45) is 0.293. The normalized spacial score (nSPS) is 19.9. The molecule has 1 aromatic heterocycles. The molecule has 0 spiro atoms. The highest BCUT2D eigenvalue weighted by molar-refractivity contribution is 7.15. The van der Waals surface area contributed by atoms with Crippen LogP contribution in [0.1, 0.15) is 17.5 Å². The van der Waals surface area contributed by atoms with E-state index in [0.717, 1.165) is 50.2 Å². The van der Waals surface area contributed by atoms with Crippen LogP contribution in [0.3, 0.4) is 0 Å². The molecular weight excluding hydrogens is 262 g/mol. The Morgan fingerprint density at radius 2 is 2.42 bits per heavy atom. The number of hydrogen-bond donors (Lipinski definition) is 1. The van der Waals surface area contributed by atoms with Crippen molar-refractivity contribution in [2.45, 2.75) is 26.5 Å². The number of rotatable bonds is 6. The molecule has 0 bridgehead atoms. The van der Waals surface area contributed by atoms with Gasteiger partial charge in [0.1, 0.15) is 0 Å². The van der Waals surface area contributed by atoms with Crippen LogP contribution in [0.4, 0.5) is 5.13 Å². The molecule has 5 nitrogen and oxygen atoms in total. The van der Waals surface area contributed by atoms with Gasteiger partial charge in [0.2, 0.25) is 0 Å². The third-order valence-corrected chi connectivity index (χ3v) is 4.38. The van der Waals surface area contributed by atoms with Gasteiger partial charge in [0, 0.05) is 38.2 Å². The lowest BCUT2D eigenvalue weighted by Gasteiger charge is -2.30. The summed E-state index contributed by atoms with van der Waals surface area (Å²) in [5.41, 5.74) is 1.13. The van der Waals surface area contributed by atoms with Gasteiger partial charge >= 0.3 is 0 Å². The van der Waals surface area contributed by atoms with Crippen LogP contribution in [-0.4, -0.2) is 51.0 Å². The van der Waals surface area contributed by atoms with Crippen LogP contribution < -0.4 is 10.2 Å². The Bertz CT molecular complexity index is 397. The molecule has 1 aliphatic rings. The van der Waals surface area contributed by atoms with Crippen molar-refractivity contribution in [3.05, 3.63) is 10.6 Å². The molecule has 1 atom stereocenters. The van der Waals surface area contributed by atoms with Gasteiger partial charge in [-0.25, -0.2) is 4.98 Å². The molecule has 1 aliphatic heterocycles. The molecule has 19 heavy (non-hydrogen) atoms. The SMILES string of the molecule is COCCNCc1sc(N2CCOC(C)C2)nc1C. The van der Waals surface area contributed by atoms with E-state index in [4.69, 9.17) is 9.47 Å². The molecule has 1 fully saturated rings. The number of ether oxygens (including phenoxy) is 2. The first-order valence-corrected chi connectivity index (χ1v) is 7.55. The lowest BCUT2D eigenvalue weighted by Crippen LogP contribution is -2.41.